The number of aromatic nitrogens is 2. The van der Waals surface area contributed by atoms with Crippen molar-refractivity contribution < 1.29 is 4.74 Å². The maximum atomic E-state index is 5.81. The Morgan fingerprint density at radius 1 is 0.935 bits per heavy atom. The van der Waals surface area contributed by atoms with E-state index in [1.807, 2.05) is 25.1 Å². The molecule has 1 heterocycles. The summed E-state index contributed by atoms with van der Waals surface area (Å²) in [5.41, 5.74) is 5.84. The van der Waals surface area contributed by atoms with Gasteiger partial charge in [-0.1, -0.05) is 54.6 Å². The van der Waals surface area contributed by atoms with Crippen LogP contribution in [0.25, 0.3) is 0 Å². The molecule has 0 bridgehead atoms. The van der Waals surface area contributed by atoms with Gasteiger partial charge in [-0.2, -0.15) is 5.10 Å². The molecule has 164 valence electrons. The molecule has 0 fully saturated rings. The minimum absolute atomic E-state index is 0.612. The molecule has 2 aromatic carbocycles. The van der Waals surface area contributed by atoms with E-state index >= 15 is 0 Å². The van der Waals surface area contributed by atoms with Crippen LogP contribution in [0.3, 0.4) is 0 Å². The van der Waals surface area contributed by atoms with E-state index in [-0.39, 0.29) is 0 Å². The molecule has 0 amide bonds. The molecule has 6 heteroatoms. The number of nitrogens with zero attached hydrogens (tertiary/aromatic N) is 3. The first-order valence-electron chi connectivity index (χ1n) is 10.8. The largest absolute Gasteiger partial charge is 0.372 e. The highest BCUT2D eigenvalue weighted by Gasteiger charge is 2.02. The zero-order valence-corrected chi connectivity index (χ0v) is 18.8. The van der Waals surface area contributed by atoms with Crippen molar-refractivity contribution in [2.24, 2.45) is 4.99 Å². The van der Waals surface area contributed by atoms with E-state index in [1.54, 1.807) is 7.05 Å². The van der Waals surface area contributed by atoms with E-state index in [4.69, 9.17) is 4.74 Å². The van der Waals surface area contributed by atoms with Crippen LogP contribution in [0.15, 0.2) is 65.7 Å². The second-order valence-corrected chi connectivity index (χ2v) is 7.65. The number of hydrogen-bond donors (Lipinski definition) is 2. The first-order valence-corrected chi connectivity index (χ1v) is 10.8. The Morgan fingerprint density at radius 2 is 1.61 bits per heavy atom. The van der Waals surface area contributed by atoms with E-state index in [9.17, 15) is 0 Å². The van der Waals surface area contributed by atoms with Gasteiger partial charge in [0.2, 0.25) is 0 Å². The molecule has 31 heavy (non-hydrogen) atoms. The first-order chi connectivity index (χ1) is 15.1. The van der Waals surface area contributed by atoms with Crippen molar-refractivity contribution >= 4 is 5.96 Å². The second-order valence-electron chi connectivity index (χ2n) is 7.65. The molecule has 6 nitrogen and oxygen atoms in total. The molecular weight excluding hydrogens is 386 g/mol. The lowest BCUT2D eigenvalue weighted by atomic mass is 10.1. The molecule has 0 unspecified atom stereocenters. The van der Waals surface area contributed by atoms with Crippen LogP contribution in [-0.2, 0) is 31.0 Å². The first kappa shape index (κ1) is 22.6. The van der Waals surface area contributed by atoms with Gasteiger partial charge >= 0.3 is 0 Å². The molecule has 0 aliphatic rings. The van der Waals surface area contributed by atoms with Gasteiger partial charge < -0.3 is 15.4 Å². The Kier molecular flexibility index (Phi) is 8.67. The van der Waals surface area contributed by atoms with Crippen LogP contribution in [0.1, 0.15) is 34.5 Å². The Morgan fingerprint density at radius 3 is 2.26 bits per heavy atom. The van der Waals surface area contributed by atoms with Gasteiger partial charge in [0.15, 0.2) is 5.96 Å². The average Bonchev–Trinajstić information content (AvgIpc) is 3.11. The summed E-state index contributed by atoms with van der Waals surface area (Å²) in [6.07, 6.45) is 0.986. The lowest BCUT2D eigenvalue weighted by Gasteiger charge is -2.12. The molecule has 0 aliphatic heterocycles. The number of aryl methyl sites for hydroxylation is 3. The molecular formula is C25H33N5O. The molecule has 3 rings (SSSR count). The van der Waals surface area contributed by atoms with Gasteiger partial charge in [-0.25, -0.2) is 0 Å². The number of benzene rings is 2. The van der Waals surface area contributed by atoms with Crippen molar-refractivity contribution in [3.8, 4) is 0 Å². The zero-order chi connectivity index (χ0) is 21.9. The van der Waals surface area contributed by atoms with Crippen LogP contribution in [0.2, 0.25) is 0 Å². The lowest BCUT2D eigenvalue weighted by Crippen LogP contribution is -2.37. The summed E-state index contributed by atoms with van der Waals surface area (Å²) < 4.78 is 7.86. The van der Waals surface area contributed by atoms with Gasteiger partial charge in [0.25, 0.3) is 0 Å². The van der Waals surface area contributed by atoms with Crippen molar-refractivity contribution in [1.29, 1.82) is 0 Å². The summed E-state index contributed by atoms with van der Waals surface area (Å²) >= 11 is 0. The van der Waals surface area contributed by atoms with Crippen molar-refractivity contribution in [2.75, 3.05) is 13.6 Å². The number of ether oxygens (including phenoxy) is 1. The van der Waals surface area contributed by atoms with E-state index in [1.165, 1.54) is 22.4 Å². The van der Waals surface area contributed by atoms with Crippen LogP contribution in [0.4, 0.5) is 0 Å². The molecule has 3 aromatic rings. The highest BCUT2D eigenvalue weighted by atomic mass is 16.5. The Hall–Kier alpha value is -3.12. The highest BCUT2D eigenvalue weighted by molar-refractivity contribution is 5.79. The van der Waals surface area contributed by atoms with E-state index < -0.39 is 0 Å². The monoisotopic (exact) mass is 419 g/mol. The quantitative estimate of drug-likeness (QED) is 0.296. The Bertz CT molecular complexity index is 948. The van der Waals surface area contributed by atoms with E-state index in [2.05, 4.69) is 74.8 Å². The fourth-order valence-electron chi connectivity index (χ4n) is 3.36. The summed E-state index contributed by atoms with van der Waals surface area (Å²) in [4.78, 5) is 4.31. The number of hydrogen-bond acceptors (Lipinski definition) is 3. The van der Waals surface area contributed by atoms with Gasteiger partial charge in [-0.15, -0.1) is 0 Å². The third-order valence-corrected chi connectivity index (χ3v) is 5.03. The summed E-state index contributed by atoms with van der Waals surface area (Å²) in [5, 5.41) is 11.2. The fourth-order valence-corrected chi connectivity index (χ4v) is 3.36. The van der Waals surface area contributed by atoms with Crippen molar-refractivity contribution in [2.45, 2.75) is 46.6 Å². The number of nitrogens with one attached hydrogen (secondary N) is 2. The van der Waals surface area contributed by atoms with Gasteiger partial charge in [0.05, 0.1) is 18.9 Å². The number of guanidine groups is 1. The fraction of sp³-hybridized carbons (Fsp3) is 0.360. The molecule has 0 aliphatic carbocycles. The Labute approximate surface area is 185 Å². The molecule has 0 spiro atoms. The zero-order valence-electron chi connectivity index (χ0n) is 18.8. The molecule has 0 atom stereocenters. The smallest absolute Gasteiger partial charge is 0.191 e. The van der Waals surface area contributed by atoms with E-state index in [0.717, 1.165) is 37.7 Å². The third-order valence-electron chi connectivity index (χ3n) is 5.03. The van der Waals surface area contributed by atoms with Crippen LogP contribution in [-0.4, -0.2) is 29.3 Å². The predicted octanol–water partition coefficient (Wildman–Crippen LogP) is 3.97. The lowest BCUT2D eigenvalue weighted by molar-refractivity contribution is 0.107. The minimum atomic E-state index is 0.612. The summed E-state index contributed by atoms with van der Waals surface area (Å²) in [6, 6.07) is 20.8. The molecule has 2 N–H and O–H groups in total. The van der Waals surface area contributed by atoms with Crippen LogP contribution in [0.5, 0.6) is 0 Å². The molecule has 1 aromatic heterocycles. The number of aliphatic imine (C=N–C) groups is 1. The maximum Gasteiger partial charge on any atom is 0.191 e. The summed E-state index contributed by atoms with van der Waals surface area (Å²) in [7, 11) is 1.80. The Balaban J connectivity index is 1.34. The van der Waals surface area contributed by atoms with Crippen LogP contribution >= 0.6 is 0 Å². The van der Waals surface area contributed by atoms with Gasteiger partial charge in [-0.05, 0) is 43.0 Å². The highest BCUT2D eigenvalue weighted by Crippen LogP contribution is 2.08. The average molecular weight is 420 g/mol. The van der Waals surface area contributed by atoms with E-state index in [0.29, 0.717) is 13.2 Å². The van der Waals surface area contributed by atoms with Gasteiger partial charge in [0.1, 0.15) is 0 Å². The molecule has 0 saturated heterocycles. The second kappa shape index (κ2) is 11.9. The third kappa shape index (κ3) is 7.57. The molecule has 0 radical (unpaired) electrons. The van der Waals surface area contributed by atoms with Gasteiger partial charge in [-0.3, -0.25) is 9.67 Å². The maximum absolute atomic E-state index is 5.81. The van der Waals surface area contributed by atoms with Crippen molar-refractivity contribution in [3.63, 3.8) is 0 Å². The topological polar surface area (TPSA) is 63.5 Å². The minimum Gasteiger partial charge on any atom is -0.372 e. The molecule has 0 saturated carbocycles. The SMILES string of the molecule is CN=C(NCCCn1nc(C)cc1C)NCc1ccc(COCc2ccccc2)cc1. The summed E-state index contributed by atoms with van der Waals surface area (Å²) in [6.45, 7) is 7.83. The van der Waals surface area contributed by atoms with Gasteiger partial charge in [0, 0.05) is 32.4 Å². The van der Waals surface area contributed by atoms with Crippen molar-refractivity contribution in [1.82, 2.24) is 20.4 Å². The van der Waals surface area contributed by atoms with Crippen LogP contribution < -0.4 is 10.6 Å². The summed E-state index contributed by atoms with van der Waals surface area (Å²) in [5.74, 6) is 0.809. The number of rotatable bonds is 10. The van der Waals surface area contributed by atoms with Crippen molar-refractivity contribution in [3.05, 3.63) is 88.7 Å². The predicted molar refractivity (Wildman–Crippen MR) is 126 cm³/mol. The van der Waals surface area contributed by atoms with Crippen LogP contribution in [0, 0.1) is 13.8 Å². The standard InChI is InChI=1S/C25H33N5O/c1-20-16-21(2)30(29-20)15-7-14-27-25(26-3)28-17-22-10-12-24(13-11-22)19-31-18-23-8-5-4-6-9-23/h4-6,8-13,16H,7,14-15,17-19H2,1-3H3,(H2,26,27,28). The normalized spacial score (nSPS) is 11.5.